The van der Waals surface area contributed by atoms with Crippen molar-refractivity contribution in [2.45, 2.75) is 24.8 Å². The number of hydrogen-bond donors (Lipinski definition) is 2. The first-order valence-corrected chi connectivity index (χ1v) is 7.75. The zero-order chi connectivity index (χ0) is 15.3. The van der Waals surface area contributed by atoms with Crippen molar-refractivity contribution < 1.29 is 17.9 Å². The highest BCUT2D eigenvalue weighted by molar-refractivity contribution is 7.89. The predicted molar refractivity (Wildman–Crippen MR) is 76.5 cm³/mol. The van der Waals surface area contributed by atoms with Gasteiger partial charge in [0.25, 0.3) is 0 Å². The molecule has 0 aromatic heterocycles. The summed E-state index contributed by atoms with van der Waals surface area (Å²) < 4.78 is 31.1. The standard InChI is InChI=1S/C12H17ClN2O4S/c1-8(2)15-12(16)7-14-20(17,18)9-4-5-11(19-3)10(13)6-9/h4-6,8,14H,7H2,1-3H3,(H,15,16). The van der Waals surface area contributed by atoms with Crippen molar-refractivity contribution in [2.24, 2.45) is 0 Å². The van der Waals surface area contributed by atoms with Gasteiger partial charge in [-0.25, -0.2) is 13.1 Å². The van der Waals surface area contributed by atoms with Crippen molar-refractivity contribution in [2.75, 3.05) is 13.7 Å². The van der Waals surface area contributed by atoms with Crippen molar-refractivity contribution in [3.63, 3.8) is 0 Å². The molecule has 0 aliphatic rings. The lowest BCUT2D eigenvalue weighted by Crippen LogP contribution is -2.39. The van der Waals surface area contributed by atoms with Crippen molar-refractivity contribution >= 4 is 27.5 Å². The molecule has 1 aromatic rings. The van der Waals surface area contributed by atoms with Crippen molar-refractivity contribution in [3.05, 3.63) is 23.2 Å². The van der Waals surface area contributed by atoms with Crippen molar-refractivity contribution in [1.82, 2.24) is 10.0 Å². The highest BCUT2D eigenvalue weighted by Crippen LogP contribution is 2.26. The van der Waals surface area contributed by atoms with E-state index in [-0.39, 0.29) is 22.5 Å². The van der Waals surface area contributed by atoms with Crippen LogP contribution in [0.15, 0.2) is 23.1 Å². The van der Waals surface area contributed by atoms with Gasteiger partial charge in [-0.2, -0.15) is 0 Å². The summed E-state index contributed by atoms with van der Waals surface area (Å²) in [5.41, 5.74) is 0. The molecule has 1 rings (SSSR count). The molecule has 0 unspecified atom stereocenters. The number of methoxy groups -OCH3 is 1. The van der Waals surface area contributed by atoms with Gasteiger partial charge in [0.15, 0.2) is 0 Å². The van der Waals surface area contributed by atoms with Gasteiger partial charge in [-0.15, -0.1) is 0 Å². The second-order valence-corrected chi connectivity index (χ2v) is 6.52. The number of benzene rings is 1. The van der Waals surface area contributed by atoms with Crippen LogP contribution in [0.2, 0.25) is 5.02 Å². The van der Waals surface area contributed by atoms with E-state index in [0.717, 1.165) is 0 Å². The Balaban J connectivity index is 2.79. The van der Waals surface area contributed by atoms with E-state index in [9.17, 15) is 13.2 Å². The summed E-state index contributed by atoms with van der Waals surface area (Å²) in [6.07, 6.45) is 0. The number of amides is 1. The molecule has 0 aliphatic heterocycles. The molecule has 2 N–H and O–H groups in total. The molecule has 6 nitrogen and oxygen atoms in total. The van der Waals surface area contributed by atoms with Gasteiger partial charge in [0, 0.05) is 6.04 Å². The summed E-state index contributed by atoms with van der Waals surface area (Å²) >= 11 is 5.87. The highest BCUT2D eigenvalue weighted by Gasteiger charge is 2.17. The van der Waals surface area contributed by atoms with Crippen LogP contribution in [0.1, 0.15) is 13.8 Å². The van der Waals surface area contributed by atoms with Gasteiger partial charge >= 0.3 is 0 Å². The minimum Gasteiger partial charge on any atom is -0.495 e. The molecule has 0 atom stereocenters. The van der Waals surface area contributed by atoms with Gasteiger partial charge in [-0.3, -0.25) is 4.79 Å². The normalized spacial score (nSPS) is 11.4. The Morgan fingerprint density at radius 1 is 1.40 bits per heavy atom. The molecule has 8 heteroatoms. The van der Waals surface area contributed by atoms with E-state index in [1.165, 1.54) is 25.3 Å². The average Bonchev–Trinajstić information content (AvgIpc) is 2.35. The Kier molecular flexibility index (Phi) is 5.79. The monoisotopic (exact) mass is 320 g/mol. The molecule has 0 saturated heterocycles. The molecule has 1 amide bonds. The summed E-state index contributed by atoms with van der Waals surface area (Å²) in [5, 5.41) is 2.77. The van der Waals surface area contributed by atoms with Crippen molar-refractivity contribution in [1.29, 1.82) is 0 Å². The molecule has 0 radical (unpaired) electrons. The van der Waals surface area contributed by atoms with Crippen LogP contribution >= 0.6 is 11.6 Å². The molecule has 0 bridgehead atoms. The first-order valence-electron chi connectivity index (χ1n) is 5.89. The van der Waals surface area contributed by atoms with E-state index in [1.54, 1.807) is 13.8 Å². The number of ether oxygens (including phenoxy) is 1. The fraction of sp³-hybridized carbons (Fsp3) is 0.417. The minimum atomic E-state index is -3.79. The maximum atomic E-state index is 12.0. The SMILES string of the molecule is COc1ccc(S(=O)(=O)NCC(=O)NC(C)C)cc1Cl. The fourth-order valence-electron chi connectivity index (χ4n) is 1.43. The number of carbonyl (C=O) groups is 1. The van der Waals surface area contributed by atoms with Gasteiger partial charge in [0.1, 0.15) is 5.75 Å². The number of rotatable bonds is 6. The molecule has 112 valence electrons. The van der Waals surface area contributed by atoms with E-state index in [2.05, 4.69) is 10.0 Å². The predicted octanol–water partition coefficient (Wildman–Crippen LogP) is 1.15. The highest BCUT2D eigenvalue weighted by atomic mass is 35.5. The van der Waals surface area contributed by atoms with E-state index in [0.29, 0.717) is 5.75 Å². The van der Waals surface area contributed by atoms with Crippen LogP contribution in [0.4, 0.5) is 0 Å². The largest absolute Gasteiger partial charge is 0.495 e. The Morgan fingerprint density at radius 2 is 2.05 bits per heavy atom. The molecular formula is C12H17ClN2O4S. The van der Waals surface area contributed by atoms with Crippen LogP contribution in [0.3, 0.4) is 0 Å². The number of hydrogen-bond acceptors (Lipinski definition) is 4. The molecule has 0 spiro atoms. The number of sulfonamides is 1. The van der Waals surface area contributed by atoms with Crippen LogP contribution < -0.4 is 14.8 Å². The topological polar surface area (TPSA) is 84.5 Å². The van der Waals surface area contributed by atoms with Gasteiger partial charge in [-0.1, -0.05) is 11.6 Å². The molecule has 0 heterocycles. The summed E-state index contributed by atoms with van der Waals surface area (Å²) in [4.78, 5) is 11.4. The summed E-state index contributed by atoms with van der Waals surface area (Å²) in [6.45, 7) is 3.25. The second kappa shape index (κ2) is 6.92. The Hall–Kier alpha value is -1.31. The molecule has 1 aromatic carbocycles. The lowest BCUT2D eigenvalue weighted by atomic mass is 10.3. The lowest BCUT2D eigenvalue weighted by Gasteiger charge is -2.10. The van der Waals surface area contributed by atoms with Crippen LogP contribution in [0.5, 0.6) is 5.75 Å². The Bertz CT molecular complexity index is 587. The van der Waals surface area contributed by atoms with E-state index >= 15 is 0 Å². The van der Waals surface area contributed by atoms with Gasteiger partial charge in [0.2, 0.25) is 15.9 Å². The summed E-state index contributed by atoms with van der Waals surface area (Å²) in [5.74, 6) is -0.0219. The lowest BCUT2D eigenvalue weighted by molar-refractivity contribution is -0.120. The molecule has 20 heavy (non-hydrogen) atoms. The summed E-state index contributed by atoms with van der Waals surface area (Å²) in [6, 6.07) is 4.02. The number of halogens is 1. The molecule has 0 saturated carbocycles. The first-order chi connectivity index (χ1) is 9.26. The van der Waals surface area contributed by atoms with E-state index in [1.807, 2.05) is 0 Å². The van der Waals surface area contributed by atoms with E-state index in [4.69, 9.17) is 16.3 Å². The fourth-order valence-corrected chi connectivity index (χ4v) is 2.76. The Morgan fingerprint density at radius 3 is 2.55 bits per heavy atom. The Labute approximate surface area is 123 Å². The molecule has 0 aliphatic carbocycles. The average molecular weight is 321 g/mol. The summed E-state index contributed by atoms with van der Waals surface area (Å²) in [7, 11) is -2.36. The molecular weight excluding hydrogens is 304 g/mol. The van der Waals surface area contributed by atoms with Crippen molar-refractivity contribution in [3.8, 4) is 5.75 Å². The number of carbonyl (C=O) groups excluding carboxylic acids is 1. The van der Waals surface area contributed by atoms with Gasteiger partial charge in [-0.05, 0) is 32.0 Å². The third kappa shape index (κ3) is 4.66. The minimum absolute atomic E-state index is 0.0272. The van der Waals surface area contributed by atoms with Gasteiger partial charge < -0.3 is 10.1 Å². The quantitative estimate of drug-likeness (QED) is 0.823. The zero-order valence-electron chi connectivity index (χ0n) is 11.4. The van der Waals surface area contributed by atoms with Crippen LogP contribution in [0, 0.1) is 0 Å². The van der Waals surface area contributed by atoms with Crippen LogP contribution in [0.25, 0.3) is 0 Å². The van der Waals surface area contributed by atoms with Crippen LogP contribution in [-0.2, 0) is 14.8 Å². The molecule has 0 fully saturated rings. The smallest absolute Gasteiger partial charge is 0.241 e. The third-order valence-corrected chi connectivity index (χ3v) is 4.00. The maximum absolute atomic E-state index is 12.0. The van der Waals surface area contributed by atoms with E-state index < -0.39 is 15.9 Å². The second-order valence-electron chi connectivity index (χ2n) is 4.34. The first kappa shape index (κ1) is 16.7. The number of nitrogens with one attached hydrogen (secondary N) is 2. The van der Waals surface area contributed by atoms with Gasteiger partial charge in [0.05, 0.1) is 23.6 Å². The third-order valence-electron chi connectivity index (χ3n) is 2.31. The maximum Gasteiger partial charge on any atom is 0.241 e. The zero-order valence-corrected chi connectivity index (χ0v) is 13.0. The van der Waals surface area contributed by atoms with Crippen LogP contribution in [-0.4, -0.2) is 34.0 Å².